The lowest BCUT2D eigenvalue weighted by molar-refractivity contribution is 0.485. The van der Waals surface area contributed by atoms with Crippen LogP contribution in [0.2, 0.25) is 5.02 Å². The molecule has 0 radical (unpaired) electrons. The molecule has 0 aliphatic carbocycles. The van der Waals surface area contributed by atoms with Crippen molar-refractivity contribution in [1.82, 2.24) is 5.32 Å². The van der Waals surface area contributed by atoms with Crippen LogP contribution in [0.3, 0.4) is 0 Å². The largest absolute Gasteiger partial charge is 0.370 e. The molecule has 0 amide bonds. The van der Waals surface area contributed by atoms with Gasteiger partial charge in [0.05, 0.1) is 12.1 Å². The lowest BCUT2D eigenvalue weighted by Gasteiger charge is -2.30. The van der Waals surface area contributed by atoms with Crippen LogP contribution >= 0.6 is 11.6 Å². The van der Waals surface area contributed by atoms with Crippen LogP contribution in [-0.4, -0.2) is 5.96 Å². The Labute approximate surface area is 136 Å². The van der Waals surface area contributed by atoms with E-state index in [0.29, 0.717) is 5.96 Å². The number of guanidine groups is 1. The van der Waals surface area contributed by atoms with E-state index < -0.39 is 0 Å². The number of nitrogens with one attached hydrogen (secondary N) is 1. The first kappa shape index (κ1) is 14.9. The molecule has 1 aliphatic rings. The number of hydrogen-bond acceptors (Lipinski definition) is 3. The Kier molecular flexibility index (Phi) is 4.08. The second-order valence-corrected chi connectivity index (χ2v) is 6.31. The third kappa shape index (κ3) is 3.09. The average molecular weight is 314 g/mol. The number of aliphatic imine (C=N–C) groups is 1. The quantitative estimate of drug-likeness (QED) is 0.879. The fraction of sp³-hybridized carbons (Fsp3) is 0.278. The summed E-state index contributed by atoms with van der Waals surface area (Å²) in [5.41, 5.74) is 10.9. The van der Waals surface area contributed by atoms with Gasteiger partial charge in [-0.15, -0.1) is 0 Å². The molecule has 0 fully saturated rings. The molecule has 0 aromatic heterocycles. The van der Waals surface area contributed by atoms with Gasteiger partial charge in [0.1, 0.15) is 0 Å². The fourth-order valence-electron chi connectivity index (χ4n) is 3.06. The number of halogens is 1. The predicted molar refractivity (Wildman–Crippen MR) is 92.2 cm³/mol. The number of benzene rings is 2. The van der Waals surface area contributed by atoms with Crippen LogP contribution in [0.5, 0.6) is 0 Å². The second kappa shape index (κ2) is 6.01. The van der Waals surface area contributed by atoms with E-state index in [1.807, 2.05) is 18.2 Å². The van der Waals surface area contributed by atoms with Crippen LogP contribution in [0.4, 0.5) is 0 Å². The molecular formula is C18H20ClN3. The van der Waals surface area contributed by atoms with Crippen molar-refractivity contribution in [3.05, 3.63) is 69.7 Å². The van der Waals surface area contributed by atoms with Gasteiger partial charge in [-0.1, -0.05) is 47.5 Å². The summed E-state index contributed by atoms with van der Waals surface area (Å²) in [6, 6.07) is 14.6. The molecule has 1 heterocycles. The number of nitrogens with zero attached hydrogens (tertiary/aromatic N) is 1. The number of rotatable bonds is 2. The highest BCUT2D eigenvalue weighted by Gasteiger charge is 2.25. The topological polar surface area (TPSA) is 50.4 Å². The van der Waals surface area contributed by atoms with Crippen molar-refractivity contribution in [2.75, 3.05) is 0 Å². The highest BCUT2D eigenvalue weighted by Crippen LogP contribution is 2.34. The molecule has 0 bridgehead atoms. The standard InChI is InChI=1S/C18H20ClN3/c1-11-6-7-15(12(2)8-11)17-10-16(21-18(20)22-17)13-4-3-5-14(19)9-13/h3-9,16-17H,10H2,1-2H3,(H3,20,21,22). The smallest absolute Gasteiger partial charge is 0.189 e. The third-order valence-corrected chi connectivity index (χ3v) is 4.35. The van der Waals surface area contributed by atoms with Gasteiger partial charge in [-0.2, -0.15) is 0 Å². The number of aryl methyl sites for hydroxylation is 2. The van der Waals surface area contributed by atoms with Crippen molar-refractivity contribution in [2.45, 2.75) is 32.4 Å². The van der Waals surface area contributed by atoms with Gasteiger partial charge >= 0.3 is 0 Å². The van der Waals surface area contributed by atoms with Gasteiger partial charge in [-0.3, -0.25) is 0 Å². The summed E-state index contributed by atoms with van der Waals surface area (Å²) in [5.74, 6) is 0.487. The molecule has 2 aromatic carbocycles. The first-order chi connectivity index (χ1) is 10.5. The van der Waals surface area contributed by atoms with Crippen LogP contribution in [-0.2, 0) is 0 Å². The molecule has 0 saturated heterocycles. The minimum atomic E-state index is 0.0330. The molecule has 4 heteroatoms. The molecule has 114 valence electrons. The molecule has 0 saturated carbocycles. The van der Waals surface area contributed by atoms with Crippen LogP contribution in [0.1, 0.15) is 40.8 Å². The summed E-state index contributed by atoms with van der Waals surface area (Å²) in [5, 5.41) is 4.03. The van der Waals surface area contributed by atoms with Crippen molar-refractivity contribution in [1.29, 1.82) is 0 Å². The van der Waals surface area contributed by atoms with Crippen molar-refractivity contribution in [2.24, 2.45) is 10.7 Å². The van der Waals surface area contributed by atoms with Gasteiger partial charge in [0, 0.05) is 5.02 Å². The second-order valence-electron chi connectivity index (χ2n) is 5.88. The highest BCUT2D eigenvalue weighted by atomic mass is 35.5. The highest BCUT2D eigenvalue weighted by molar-refractivity contribution is 6.30. The van der Waals surface area contributed by atoms with E-state index in [1.54, 1.807) is 0 Å². The monoisotopic (exact) mass is 313 g/mol. The Morgan fingerprint density at radius 1 is 1.18 bits per heavy atom. The molecule has 2 aromatic rings. The lowest BCUT2D eigenvalue weighted by atomic mass is 9.91. The first-order valence-electron chi connectivity index (χ1n) is 7.45. The zero-order chi connectivity index (χ0) is 15.7. The maximum Gasteiger partial charge on any atom is 0.189 e. The molecule has 0 spiro atoms. The maximum atomic E-state index is 6.10. The molecule has 3 N–H and O–H groups in total. The Balaban J connectivity index is 1.92. The zero-order valence-electron chi connectivity index (χ0n) is 12.8. The van der Waals surface area contributed by atoms with E-state index in [9.17, 15) is 0 Å². The summed E-state index contributed by atoms with van der Waals surface area (Å²) < 4.78 is 0. The lowest BCUT2D eigenvalue weighted by Crippen LogP contribution is -2.39. The van der Waals surface area contributed by atoms with Crippen molar-refractivity contribution in [3.8, 4) is 0 Å². The van der Waals surface area contributed by atoms with Crippen LogP contribution in [0.25, 0.3) is 0 Å². The van der Waals surface area contributed by atoms with Crippen molar-refractivity contribution in [3.63, 3.8) is 0 Å². The molecule has 3 nitrogen and oxygen atoms in total. The van der Waals surface area contributed by atoms with Gasteiger partial charge in [-0.25, -0.2) is 4.99 Å². The summed E-state index contributed by atoms with van der Waals surface area (Å²) in [4.78, 5) is 4.54. The van der Waals surface area contributed by atoms with Crippen LogP contribution < -0.4 is 11.1 Å². The Bertz CT molecular complexity index is 724. The molecule has 2 unspecified atom stereocenters. The summed E-state index contributed by atoms with van der Waals surface area (Å²) in [7, 11) is 0. The van der Waals surface area contributed by atoms with Gasteiger partial charge in [0.25, 0.3) is 0 Å². The Hall–Kier alpha value is -2.00. The maximum absolute atomic E-state index is 6.10. The summed E-state index contributed by atoms with van der Waals surface area (Å²) in [6.07, 6.45) is 0.866. The normalized spacial score (nSPS) is 21.1. The summed E-state index contributed by atoms with van der Waals surface area (Å²) in [6.45, 7) is 4.25. The molecule has 2 atom stereocenters. The number of hydrogen-bond donors (Lipinski definition) is 2. The van der Waals surface area contributed by atoms with Gasteiger partial charge < -0.3 is 11.1 Å². The Morgan fingerprint density at radius 3 is 2.73 bits per heavy atom. The van der Waals surface area contributed by atoms with E-state index in [1.165, 1.54) is 16.7 Å². The van der Waals surface area contributed by atoms with E-state index in [0.717, 1.165) is 17.0 Å². The van der Waals surface area contributed by atoms with E-state index >= 15 is 0 Å². The van der Waals surface area contributed by atoms with Crippen LogP contribution in [0.15, 0.2) is 47.5 Å². The first-order valence-corrected chi connectivity index (χ1v) is 7.83. The molecule has 22 heavy (non-hydrogen) atoms. The fourth-order valence-corrected chi connectivity index (χ4v) is 3.26. The molecule has 1 aliphatic heterocycles. The summed E-state index contributed by atoms with van der Waals surface area (Å²) >= 11 is 6.10. The Morgan fingerprint density at radius 2 is 2.00 bits per heavy atom. The molecular weight excluding hydrogens is 294 g/mol. The van der Waals surface area contributed by atoms with Gasteiger partial charge in [0.15, 0.2) is 5.96 Å². The van der Waals surface area contributed by atoms with Crippen molar-refractivity contribution >= 4 is 17.6 Å². The minimum absolute atomic E-state index is 0.0330. The number of nitrogens with two attached hydrogens (primary N) is 1. The van der Waals surface area contributed by atoms with E-state index in [-0.39, 0.29) is 12.1 Å². The SMILES string of the molecule is Cc1ccc(C2CC(c3cccc(Cl)c3)N=C(N)N2)c(C)c1. The van der Waals surface area contributed by atoms with E-state index in [2.05, 4.69) is 48.4 Å². The zero-order valence-corrected chi connectivity index (χ0v) is 13.6. The van der Waals surface area contributed by atoms with E-state index in [4.69, 9.17) is 17.3 Å². The molecule has 3 rings (SSSR count). The average Bonchev–Trinajstić information content (AvgIpc) is 2.46. The van der Waals surface area contributed by atoms with Crippen molar-refractivity contribution < 1.29 is 0 Å². The van der Waals surface area contributed by atoms with Crippen LogP contribution in [0, 0.1) is 13.8 Å². The van der Waals surface area contributed by atoms with Gasteiger partial charge in [0.2, 0.25) is 0 Å². The third-order valence-electron chi connectivity index (χ3n) is 4.11. The predicted octanol–water partition coefficient (Wildman–Crippen LogP) is 4.05. The minimum Gasteiger partial charge on any atom is -0.370 e. The van der Waals surface area contributed by atoms with Gasteiger partial charge in [-0.05, 0) is 49.1 Å².